The fourth-order valence-electron chi connectivity index (χ4n) is 1.83. The lowest BCUT2D eigenvalue weighted by Gasteiger charge is -1.99. The van der Waals surface area contributed by atoms with Gasteiger partial charge in [-0.25, -0.2) is 0 Å². The van der Waals surface area contributed by atoms with Gasteiger partial charge in [-0.05, 0) is 23.8 Å². The van der Waals surface area contributed by atoms with Crippen LogP contribution in [0.3, 0.4) is 0 Å². The zero-order valence-corrected chi connectivity index (χ0v) is 9.10. The van der Waals surface area contributed by atoms with Crippen molar-refractivity contribution in [1.82, 2.24) is 10.2 Å². The van der Waals surface area contributed by atoms with Crippen molar-refractivity contribution in [3.8, 4) is 11.3 Å². The third kappa shape index (κ3) is 1.50. The summed E-state index contributed by atoms with van der Waals surface area (Å²) in [6.45, 7) is 3.74. The second kappa shape index (κ2) is 3.52. The summed E-state index contributed by atoms with van der Waals surface area (Å²) in [4.78, 5) is 0. The van der Waals surface area contributed by atoms with E-state index in [4.69, 9.17) is 10.2 Å². The van der Waals surface area contributed by atoms with Gasteiger partial charge in [-0.1, -0.05) is 12.6 Å². The first-order chi connectivity index (χ1) is 8.25. The molecule has 17 heavy (non-hydrogen) atoms. The Bertz CT molecular complexity index is 680. The molecule has 0 spiro atoms. The van der Waals surface area contributed by atoms with E-state index in [0.29, 0.717) is 5.70 Å². The van der Waals surface area contributed by atoms with Gasteiger partial charge in [0.25, 0.3) is 0 Å². The molecule has 2 heterocycles. The van der Waals surface area contributed by atoms with Crippen molar-refractivity contribution in [2.24, 2.45) is 5.73 Å². The Morgan fingerprint density at radius 3 is 2.94 bits per heavy atom. The summed E-state index contributed by atoms with van der Waals surface area (Å²) in [7, 11) is 0. The standard InChI is InChI=1S/C13H11N3O/c1-8(14)9-2-3-12-11(6-9)13(16-15-12)10-4-5-17-7-10/h2-7H,1,14H2,(H,15,16). The number of nitrogens with two attached hydrogens (primary N) is 1. The molecule has 0 atom stereocenters. The lowest BCUT2D eigenvalue weighted by atomic mass is 10.1. The Balaban J connectivity index is 2.26. The van der Waals surface area contributed by atoms with Gasteiger partial charge in [0.15, 0.2) is 0 Å². The molecular formula is C13H11N3O. The lowest BCUT2D eigenvalue weighted by molar-refractivity contribution is 0.568. The highest BCUT2D eigenvalue weighted by Gasteiger charge is 2.09. The molecule has 0 aliphatic carbocycles. The molecule has 0 unspecified atom stereocenters. The van der Waals surface area contributed by atoms with Crippen molar-refractivity contribution in [2.45, 2.75) is 0 Å². The average molecular weight is 225 g/mol. The molecule has 2 aromatic heterocycles. The van der Waals surface area contributed by atoms with Crippen LogP contribution in [0.4, 0.5) is 0 Å². The number of furan rings is 1. The van der Waals surface area contributed by atoms with E-state index in [9.17, 15) is 0 Å². The Hall–Kier alpha value is -2.49. The molecule has 0 bridgehead atoms. The normalized spacial score (nSPS) is 10.8. The maximum Gasteiger partial charge on any atom is 0.103 e. The minimum absolute atomic E-state index is 0.547. The first-order valence-corrected chi connectivity index (χ1v) is 5.21. The molecule has 1 aromatic carbocycles. The van der Waals surface area contributed by atoms with E-state index in [1.807, 2.05) is 24.3 Å². The van der Waals surface area contributed by atoms with Gasteiger partial charge in [0.05, 0.1) is 18.0 Å². The van der Waals surface area contributed by atoms with Gasteiger partial charge in [-0.2, -0.15) is 5.10 Å². The Morgan fingerprint density at radius 1 is 1.35 bits per heavy atom. The second-order valence-electron chi connectivity index (χ2n) is 3.87. The minimum atomic E-state index is 0.547. The number of hydrogen-bond acceptors (Lipinski definition) is 3. The van der Waals surface area contributed by atoms with Crippen LogP contribution in [0.15, 0.2) is 47.8 Å². The van der Waals surface area contributed by atoms with Gasteiger partial charge >= 0.3 is 0 Å². The molecule has 3 N–H and O–H groups in total. The van der Waals surface area contributed by atoms with Crippen LogP contribution < -0.4 is 5.73 Å². The molecule has 3 rings (SSSR count). The number of rotatable bonds is 2. The van der Waals surface area contributed by atoms with Gasteiger partial charge in [-0.3, -0.25) is 5.10 Å². The van der Waals surface area contributed by atoms with E-state index in [1.165, 1.54) is 0 Å². The summed E-state index contributed by atoms with van der Waals surface area (Å²) in [5.74, 6) is 0. The van der Waals surface area contributed by atoms with Crippen molar-refractivity contribution in [2.75, 3.05) is 0 Å². The summed E-state index contributed by atoms with van der Waals surface area (Å²) in [5.41, 5.74) is 9.92. The lowest BCUT2D eigenvalue weighted by Crippen LogP contribution is -1.92. The highest BCUT2D eigenvalue weighted by Crippen LogP contribution is 2.28. The van der Waals surface area contributed by atoms with Crippen molar-refractivity contribution in [3.05, 3.63) is 48.9 Å². The number of nitrogens with one attached hydrogen (secondary N) is 1. The fraction of sp³-hybridized carbons (Fsp3) is 0. The highest BCUT2D eigenvalue weighted by molar-refractivity contribution is 5.94. The third-order valence-corrected chi connectivity index (χ3v) is 2.73. The summed E-state index contributed by atoms with van der Waals surface area (Å²) < 4.78 is 5.07. The maximum atomic E-state index is 5.70. The van der Waals surface area contributed by atoms with Crippen LogP contribution in [-0.2, 0) is 0 Å². The number of aromatic nitrogens is 2. The Kier molecular flexibility index (Phi) is 2.01. The van der Waals surface area contributed by atoms with Gasteiger partial charge in [0, 0.05) is 16.6 Å². The first kappa shape index (κ1) is 9.72. The molecule has 0 fully saturated rings. The van der Waals surface area contributed by atoms with Crippen LogP contribution in [0, 0.1) is 0 Å². The zero-order chi connectivity index (χ0) is 11.8. The topological polar surface area (TPSA) is 67.8 Å². The van der Waals surface area contributed by atoms with E-state index in [1.54, 1.807) is 12.5 Å². The molecule has 0 aliphatic heterocycles. The van der Waals surface area contributed by atoms with Crippen LogP contribution >= 0.6 is 0 Å². The number of nitrogens with zero attached hydrogens (tertiary/aromatic N) is 1. The first-order valence-electron chi connectivity index (χ1n) is 5.21. The maximum absolute atomic E-state index is 5.70. The fourth-order valence-corrected chi connectivity index (χ4v) is 1.83. The Morgan fingerprint density at radius 2 is 2.24 bits per heavy atom. The van der Waals surface area contributed by atoms with E-state index in [-0.39, 0.29) is 0 Å². The second-order valence-corrected chi connectivity index (χ2v) is 3.87. The molecule has 3 aromatic rings. The minimum Gasteiger partial charge on any atom is -0.472 e. The van der Waals surface area contributed by atoms with Crippen LogP contribution in [-0.4, -0.2) is 10.2 Å². The highest BCUT2D eigenvalue weighted by atomic mass is 16.3. The molecular weight excluding hydrogens is 214 g/mol. The molecule has 0 saturated heterocycles. The quantitative estimate of drug-likeness (QED) is 0.704. The van der Waals surface area contributed by atoms with E-state index in [0.717, 1.165) is 27.7 Å². The largest absolute Gasteiger partial charge is 0.472 e. The van der Waals surface area contributed by atoms with Crippen molar-refractivity contribution in [1.29, 1.82) is 0 Å². The van der Waals surface area contributed by atoms with E-state index in [2.05, 4.69) is 16.8 Å². The van der Waals surface area contributed by atoms with E-state index < -0.39 is 0 Å². The number of aromatic amines is 1. The number of hydrogen-bond donors (Lipinski definition) is 2. The molecule has 0 amide bonds. The predicted octanol–water partition coefficient (Wildman–Crippen LogP) is 2.75. The van der Waals surface area contributed by atoms with Crippen molar-refractivity contribution < 1.29 is 4.42 Å². The number of fused-ring (bicyclic) bond motifs is 1. The average Bonchev–Trinajstić information content (AvgIpc) is 2.96. The summed E-state index contributed by atoms with van der Waals surface area (Å²) in [6, 6.07) is 7.71. The molecule has 0 saturated carbocycles. The monoisotopic (exact) mass is 225 g/mol. The molecule has 4 nitrogen and oxygen atoms in total. The van der Waals surface area contributed by atoms with Gasteiger partial charge in [-0.15, -0.1) is 0 Å². The summed E-state index contributed by atoms with van der Waals surface area (Å²) in [6.07, 6.45) is 3.29. The van der Waals surface area contributed by atoms with Gasteiger partial charge in [0.1, 0.15) is 5.69 Å². The molecule has 0 aliphatic rings. The summed E-state index contributed by atoms with van der Waals surface area (Å²) in [5, 5.41) is 8.27. The van der Waals surface area contributed by atoms with Crippen LogP contribution in [0.25, 0.3) is 27.9 Å². The van der Waals surface area contributed by atoms with Crippen LogP contribution in [0.1, 0.15) is 5.56 Å². The van der Waals surface area contributed by atoms with E-state index >= 15 is 0 Å². The number of benzene rings is 1. The van der Waals surface area contributed by atoms with Crippen molar-refractivity contribution >= 4 is 16.6 Å². The molecule has 84 valence electrons. The van der Waals surface area contributed by atoms with Crippen LogP contribution in [0.5, 0.6) is 0 Å². The SMILES string of the molecule is C=C(N)c1ccc2[nH]nc(-c3ccoc3)c2c1. The smallest absolute Gasteiger partial charge is 0.103 e. The zero-order valence-electron chi connectivity index (χ0n) is 9.10. The van der Waals surface area contributed by atoms with Gasteiger partial charge < -0.3 is 10.2 Å². The van der Waals surface area contributed by atoms with Gasteiger partial charge in [0.2, 0.25) is 0 Å². The van der Waals surface area contributed by atoms with Crippen molar-refractivity contribution in [3.63, 3.8) is 0 Å². The molecule has 0 radical (unpaired) electrons. The molecule has 4 heteroatoms. The predicted molar refractivity (Wildman–Crippen MR) is 67.0 cm³/mol. The Labute approximate surface area is 97.7 Å². The van der Waals surface area contributed by atoms with Crippen LogP contribution in [0.2, 0.25) is 0 Å². The number of H-pyrrole nitrogens is 1. The third-order valence-electron chi connectivity index (χ3n) is 2.73. The summed E-state index contributed by atoms with van der Waals surface area (Å²) >= 11 is 0.